The van der Waals surface area contributed by atoms with E-state index in [0.29, 0.717) is 0 Å². The van der Waals surface area contributed by atoms with Gasteiger partial charge < -0.3 is 0 Å². The Bertz CT molecular complexity index is 387. The van der Waals surface area contributed by atoms with E-state index in [2.05, 4.69) is 29.0 Å². The second kappa shape index (κ2) is 2.31. The topological polar surface area (TPSA) is 25.8 Å². The van der Waals surface area contributed by atoms with Crippen LogP contribution < -0.4 is 0 Å². The zero-order chi connectivity index (χ0) is 7.68. The summed E-state index contributed by atoms with van der Waals surface area (Å²) in [6.07, 6.45) is 3.40. The van der Waals surface area contributed by atoms with Gasteiger partial charge in [0.2, 0.25) is 0 Å². The molecule has 1 aromatic heterocycles. The maximum Gasteiger partial charge on any atom is 1.00 e. The monoisotopic (exact) mass is 145 g/mol. The van der Waals surface area contributed by atoms with Gasteiger partial charge in [-0.2, -0.15) is 0 Å². The average Bonchev–Trinajstić information content (AvgIpc) is 2.04. The van der Waals surface area contributed by atoms with Gasteiger partial charge in [0.25, 0.3) is 0 Å². The first-order valence-electron chi connectivity index (χ1n) is 3.52. The highest BCUT2D eigenvalue weighted by Gasteiger charge is 1.91. The molecule has 54 valence electrons. The summed E-state index contributed by atoms with van der Waals surface area (Å²) in [5.41, 5.74) is 2.25. The van der Waals surface area contributed by atoms with E-state index in [1.165, 1.54) is 5.56 Å². The fourth-order valence-corrected chi connectivity index (χ4v) is 1.10. The summed E-state index contributed by atoms with van der Waals surface area (Å²) in [5, 5.41) is 1.10. The Hall–Kier alpha value is -1.44. The molecule has 0 aliphatic carbocycles. The molecule has 2 rings (SSSR count). The minimum Gasteiger partial charge on any atom is -0.244 e. The molecular formula is C9H9N2+. The van der Waals surface area contributed by atoms with Crippen molar-refractivity contribution in [3.8, 4) is 0 Å². The van der Waals surface area contributed by atoms with Gasteiger partial charge in [-0.05, 0) is 19.1 Å². The molecule has 0 spiro atoms. The Labute approximate surface area is 66.4 Å². The van der Waals surface area contributed by atoms with Gasteiger partial charge in [0, 0.05) is 11.6 Å². The molecule has 0 saturated heterocycles. The number of aromatic nitrogens is 2. The summed E-state index contributed by atoms with van der Waals surface area (Å²) in [7, 11) is 0. The van der Waals surface area contributed by atoms with Crippen LogP contribution in [-0.4, -0.2) is 9.97 Å². The predicted octanol–water partition coefficient (Wildman–Crippen LogP) is 2.05. The Morgan fingerprint density at radius 1 is 1.36 bits per heavy atom. The van der Waals surface area contributed by atoms with E-state index in [1.807, 2.05) is 12.3 Å². The SMILES string of the molecule is Cc1ccc2ncncc2c1.[H+]. The fraction of sp³-hybridized carbons (Fsp3) is 0.111. The van der Waals surface area contributed by atoms with Crippen LogP contribution in [-0.2, 0) is 0 Å². The van der Waals surface area contributed by atoms with Crippen molar-refractivity contribution < 1.29 is 1.43 Å². The quantitative estimate of drug-likeness (QED) is 0.567. The molecule has 0 aliphatic heterocycles. The molecule has 0 radical (unpaired) electrons. The van der Waals surface area contributed by atoms with Crippen molar-refractivity contribution in [3.05, 3.63) is 36.3 Å². The van der Waals surface area contributed by atoms with Crippen molar-refractivity contribution >= 4 is 10.9 Å². The van der Waals surface area contributed by atoms with E-state index in [9.17, 15) is 0 Å². The standard InChI is InChI=1S/C9H8N2/c1-7-2-3-9-8(4-7)5-10-6-11-9/h2-6H,1H3/p+1. The van der Waals surface area contributed by atoms with E-state index in [0.717, 1.165) is 10.9 Å². The lowest BCUT2D eigenvalue weighted by molar-refractivity contribution is 1.22. The number of aryl methyl sites for hydroxylation is 1. The maximum absolute atomic E-state index is 4.11. The Balaban J connectivity index is 0.000000720. The largest absolute Gasteiger partial charge is 1.00 e. The van der Waals surface area contributed by atoms with Crippen LogP contribution in [0.15, 0.2) is 30.7 Å². The zero-order valence-corrected chi connectivity index (χ0v) is 6.28. The minimum atomic E-state index is 0. The molecule has 1 heterocycles. The van der Waals surface area contributed by atoms with Gasteiger partial charge in [-0.15, -0.1) is 0 Å². The highest BCUT2D eigenvalue weighted by atomic mass is 14.8. The normalized spacial score (nSPS) is 10.3. The molecule has 0 saturated carbocycles. The van der Waals surface area contributed by atoms with Gasteiger partial charge in [0.05, 0.1) is 5.52 Å². The lowest BCUT2D eigenvalue weighted by atomic mass is 10.2. The van der Waals surface area contributed by atoms with E-state index >= 15 is 0 Å². The number of nitrogens with zero attached hydrogens (tertiary/aromatic N) is 2. The van der Waals surface area contributed by atoms with Crippen LogP contribution in [0, 0.1) is 6.92 Å². The first-order valence-corrected chi connectivity index (χ1v) is 3.52. The number of rotatable bonds is 0. The summed E-state index contributed by atoms with van der Waals surface area (Å²) < 4.78 is 0. The van der Waals surface area contributed by atoms with Crippen molar-refractivity contribution in [3.63, 3.8) is 0 Å². The lowest BCUT2D eigenvalue weighted by Gasteiger charge is -1.95. The van der Waals surface area contributed by atoms with Gasteiger partial charge in [0.15, 0.2) is 0 Å². The molecule has 11 heavy (non-hydrogen) atoms. The summed E-state index contributed by atoms with van der Waals surface area (Å²) >= 11 is 0. The molecule has 1 aromatic carbocycles. The molecule has 0 N–H and O–H groups in total. The smallest absolute Gasteiger partial charge is 0.244 e. The van der Waals surface area contributed by atoms with Crippen molar-refractivity contribution in [2.75, 3.05) is 0 Å². The van der Waals surface area contributed by atoms with Crippen LogP contribution in [0.3, 0.4) is 0 Å². The van der Waals surface area contributed by atoms with Crippen LogP contribution in [0.1, 0.15) is 6.99 Å². The van der Waals surface area contributed by atoms with Crippen LogP contribution >= 0.6 is 0 Å². The van der Waals surface area contributed by atoms with Crippen LogP contribution in [0.25, 0.3) is 10.9 Å². The van der Waals surface area contributed by atoms with Crippen LogP contribution in [0.5, 0.6) is 0 Å². The van der Waals surface area contributed by atoms with E-state index < -0.39 is 0 Å². The Morgan fingerprint density at radius 3 is 3.18 bits per heavy atom. The highest BCUT2D eigenvalue weighted by molar-refractivity contribution is 5.77. The van der Waals surface area contributed by atoms with Crippen molar-refractivity contribution in [2.24, 2.45) is 0 Å². The maximum atomic E-state index is 4.11. The molecule has 0 aliphatic rings. The molecule has 0 amide bonds. The third-order valence-electron chi connectivity index (χ3n) is 1.66. The Morgan fingerprint density at radius 2 is 2.27 bits per heavy atom. The van der Waals surface area contributed by atoms with Crippen LogP contribution in [0.4, 0.5) is 0 Å². The van der Waals surface area contributed by atoms with E-state index in [1.54, 1.807) is 6.33 Å². The fourth-order valence-electron chi connectivity index (χ4n) is 1.10. The summed E-state index contributed by atoms with van der Waals surface area (Å²) in [5.74, 6) is 0. The van der Waals surface area contributed by atoms with Crippen molar-refractivity contribution in [1.29, 1.82) is 0 Å². The summed E-state index contributed by atoms with van der Waals surface area (Å²) in [6, 6.07) is 6.14. The predicted molar refractivity (Wildman–Crippen MR) is 45.4 cm³/mol. The molecular weight excluding hydrogens is 136 g/mol. The minimum absolute atomic E-state index is 0. The van der Waals surface area contributed by atoms with E-state index in [4.69, 9.17) is 0 Å². The van der Waals surface area contributed by atoms with Crippen molar-refractivity contribution in [1.82, 2.24) is 9.97 Å². The number of benzene rings is 1. The zero-order valence-electron chi connectivity index (χ0n) is 7.28. The molecule has 2 nitrogen and oxygen atoms in total. The van der Waals surface area contributed by atoms with Gasteiger partial charge >= 0.3 is 1.43 Å². The molecule has 0 unspecified atom stereocenters. The molecule has 0 atom stereocenters. The first-order chi connectivity index (χ1) is 5.36. The van der Waals surface area contributed by atoms with Crippen molar-refractivity contribution in [2.45, 2.75) is 6.92 Å². The van der Waals surface area contributed by atoms with Gasteiger partial charge in [-0.1, -0.05) is 11.6 Å². The molecule has 0 bridgehead atoms. The lowest BCUT2D eigenvalue weighted by Crippen LogP contribution is -1.80. The highest BCUT2D eigenvalue weighted by Crippen LogP contribution is 2.10. The molecule has 2 aromatic rings. The Kier molecular flexibility index (Phi) is 1.32. The number of hydrogen-bond acceptors (Lipinski definition) is 2. The second-order valence-corrected chi connectivity index (χ2v) is 2.59. The molecule has 0 fully saturated rings. The van der Waals surface area contributed by atoms with Gasteiger partial charge in [-0.25, -0.2) is 9.97 Å². The second-order valence-electron chi connectivity index (χ2n) is 2.59. The molecule has 2 heteroatoms. The van der Waals surface area contributed by atoms with Gasteiger partial charge in [-0.3, -0.25) is 0 Å². The first kappa shape index (κ1) is 6.28. The third-order valence-corrected chi connectivity index (χ3v) is 1.66. The number of fused-ring (bicyclic) bond motifs is 1. The summed E-state index contributed by atoms with van der Waals surface area (Å²) in [6.45, 7) is 2.06. The third kappa shape index (κ3) is 1.07. The average molecular weight is 145 g/mol. The van der Waals surface area contributed by atoms with E-state index in [-0.39, 0.29) is 1.43 Å². The number of hydrogen-bond donors (Lipinski definition) is 0. The van der Waals surface area contributed by atoms with Gasteiger partial charge in [0.1, 0.15) is 6.33 Å². The van der Waals surface area contributed by atoms with Crippen LogP contribution in [0.2, 0.25) is 0 Å². The summed E-state index contributed by atoms with van der Waals surface area (Å²) in [4.78, 5) is 8.05.